The molecule has 1 aliphatic heterocycles. The van der Waals surface area contributed by atoms with E-state index in [2.05, 4.69) is 38.7 Å². The van der Waals surface area contributed by atoms with Crippen LogP contribution in [0.5, 0.6) is 0 Å². The van der Waals surface area contributed by atoms with E-state index in [9.17, 15) is 5.11 Å². The number of aliphatic hydroxyl groups excluding tert-OH is 1. The molecule has 0 radical (unpaired) electrons. The summed E-state index contributed by atoms with van der Waals surface area (Å²) in [6.45, 7) is 8.21. The minimum absolute atomic E-state index is 0.327. The van der Waals surface area contributed by atoms with Crippen LogP contribution in [0.15, 0.2) is 36.5 Å². The Morgan fingerprint density at radius 1 is 1.08 bits per heavy atom. The third-order valence-corrected chi connectivity index (χ3v) is 6.03. The smallest absolute Gasteiger partial charge is 0.399 e. The Hall–Kier alpha value is -1.69. The molecule has 0 bridgehead atoms. The van der Waals surface area contributed by atoms with Gasteiger partial charge in [-0.15, -0.1) is 0 Å². The molecule has 0 saturated carbocycles. The van der Waals surface area contributed by atoms with Gasteiger partial charge in [0.1, 0.15) is 0 Å². The maximum atomic E-state index is 10.1. The molecule has 4 nitrogen and oxygen atoms in total. The van der Waals surface area contributed by atoms with Crippen molar-refractivity contribution in [1.29, 1.82) is 0 Å². The Balaban J connectivity index is 1.57. The lowest BCUT2D eigenvalue weighted by molar-refractivity contribution is 0.00578. The zero-order valence-electron chi connectivity index (χ0n) is 16.0. The number of fused-ring (bicyclic) bond motifs is 1. The van der Waals surface area contributed by atoms with Crippen molar-refractivity contribution in [3.05, 3.63) is 47.7 Å². The van der Waals surface area contributed by atoms with Crippen LogP contribution in [0.3, 0.4) is 0 Å². The van der Waals surface area contributed by atoms with E-state index in [4.69, 9.17) is 9.31 Å². The molecule has 0 spiro atoms. The fraction of sp³-hybridized carbons (Fsp3) is 0.476. The van der Waals surface area contributed by atoms with E-state index in [0.717, 1.165) is 41.5 Å². The van der Waals surface area contributed by atoms with Gasteiger partial charge < -0.3 is 14.4 Å². The molecule has 4 rings (SSSR count). The summed E-state index contributed by atoms with van der Waals surface area (Å²) >= 11 is 0. The summed E-state index contributed by atoms with van der Waals surface area (Å²) in [5, 5.41) is 10.1. The molecule has 1 saturated heterocycles. The van der Waals surface area contributed by atoms with Gasteiger partial charge in [0.15, 0.2) is 0 Å². The van der Waals surface area contributed by atoms with E-state index >= 15 is 0 Å². The van der Waals surface area contributed by atoms with Crippen molar-refractivity contribution >= 4 is 12.6 Å². The van der Waals surface area contributed by atoms with Gasteiger partial charge in [0.2, 0.25) is 0 Å². The fourth-order valence-electron chi connectivity index (χ4n) is 3.64. The SMILES string of the molecule is CC1(C)OB(c2ccc(-c3ccc4c(c3)CCCC4O)nc2)OC1(C)C. The molecule has 1 N–H and O–H groups in total. The summed E-state index contributed by atoms with van der Waals surface area (Å²) < 4.78 is 12.2. The largest absolute Gasteiger partial charge is 0.496 e. The highest BCUT2D eigenvalue weighted by atomic mass is 16.7. The fourth-order valence-corrected chi connectivity index (χ4v) is 3.64. The van der Waals surface area contributed by atoms with Gasteiger partial charge >= 0.3 is 7.12 Å². The maximum Gasteiger partial charge on any atom is 0.496 e. The zero-order valence-corrected chi connectivity index (χ0v) is 16.0. The first-order valence-corrected chi connectivity index (χ1v) is 9.40. The van der Waals surface area contributed by atoms with Crippen LogP contribution in [-0.2, 0) is 15.7 Å². The second-order valence-corrected chi connectivity index (χ2v) is 8.39. The molecule has 1 aliphatic carbocycles. The van der Waals surface area contributed by atoms with Crippen molar-refractivity contribution in [1.82, 2.24) is 4.98 Å². The molecule has 136 valence electrons. The number of nitrogens with zero attached hydrogens (tertiary/aromatic N) is 1. The van der Waals surface area contributed by atoms with E-state index in [-0.39, 0.29) is 24.4 Å². The molecule has 2 heterocycles. The zero-order chi connectivity index (χ0) is 18.5. The summed E-state index contributed by atoms with van der Waals surface area (Å²) in [6.07, 6.45) is 4.42. The summed E-state index contributed by atoms with van der Waals surface area (Å²) in [6, 6.07) is 10.3. The number of aliphatic hydroxyl groups is 1. The molecule has 1 aromatic carbocycles. The number of hydrogen-bond donors (Lipinski definition) is 1. The number of aryl methyl sites for hydroxylation is 1. The lowest BCUT2D eigenvalue weighted by Crippen LogP contribution is -2.41. The average molecular weight is 351 g/mol. The standard InChI is InChI=1S/C21H26BNO3/c1-20(2)21(3,4)26-22(25-20)16-9-11-18(23-13-16)15-8-10-17-14(12-15)6-5-7-19(17)24/h8-13,19,24H,5-7H2,1-4H3. The van der Waals surface area contributed by atoms with Gasteiger partial charge in [-0.3, -0.25) is 4.98 Å². The molecule has 1 unspecified atom stereocenters. The third-order valence-electron chi connectivity index (χ3n) is 6.03. The summed E-state index contributed by atoms with van der Waals surface area (Å²) in [5.41, 5.74) is 4.53. The van der Waals surface area contributed by atoms with Crippen LogP contribution >= 0.6 is 0 Å². The van der Waals surface area contributed by atoms with E-state index in [1.807, 2.05) is 30.5 Å². The van der Waals surface area contributed by atoms with Crippen LogP contribution in [0.1, 0.15) is 57.8 Å². The molecule has 2 aromatic rings. The van der Waals surface area contributed by atoms with Crippen molar-refractivity contribution in [3.63, 3.8) is 0 Å². The molecule has 5 heteroatoms. The lowest BCUT2D eigenvalue weighted by atomic mass is 9.80. The highest BCUT2D eigenvalue weighted by Gasteiger charge is 2.51. The van der Waals surface area contributed by atoms with E-state index < -0.39 is 0 Å². The minimum Gasteiger partial charge on any atom is -0.399 e. The second-order valence-electron chi connectivity index (χ2n) is 8.39. The van der Waals surface area contributed by atoms with E-state index in [1.165, 1.54) is 5.56 Å². The van der Waals surface area contributed by atoms with Crippen molar-refractivity contribution in [2.24, 2.45) is 0 Å². The molecule has 2 aliphatic rings. The number of pyridine rings is 1. The molecule has 0 amide bonds. The normalized spacial score (nSPS) is 23.7. The Morgan fingerprint density at radius 3 is 2.46 bits per heavy atom. The van der Waals surface area contributed by atoms with Crippen molar-refractivity contribution in [3.8, 4) is 11.3 Å². The monoisotopic (exact) mass is 351 g/mol. The van der Waals surface area contributed by atoms with Crippen LogP contribution in [0.4, 0.5) is 0 Å². The quantitative estimate of drug-likeness (QED) is 0.843. The van der Waals surface area contributed by atoms with Gasteiger partial charge in [-0.1, -0.05) is 18.2 Å². The number of rotatable bonds is 2. The first-order valence-electron chi connectivity index (χ1n) is 9.40. The van der Waals surface area contributed by atoms with Crippen LogP contribution in [-0.4, -0.2) is 28.4 Å². The first kappa shape index (κ1) is 17.7. The van der Waals surface area contributed by atoms with Gasteiger partial charge in [0.25, 0.3) is 0 Å². The number of aromatic nitrogens is 1. The topological polar surface area (TPSA) is 51.6 Å². The Morgan fingerprint density at radius 2 is 1.81 bits per heavy atom. The van der Waals surface area contributed by atoms with Crippen molar-refractivity contribution in [2.45, 2.75) is 64.3 Å². The Bertz CT molecular complexity index is 801. The third kappa shape index (κ3) is 2.98. The van der Waals surface area contributed by atoms with Crippen LogP contribution in [0, 0.1) is 0 Å². The number of hydrogen-bond acceptors (Lipinski definition) is 4. The highest BCUT2D eigenvalue weighted by Crippen LogP contribution is 2.36. The molecule has 1 fully saturated rings. The Kier molecular flexibility index (Phi) is 4.22. The van der Waals surface area contributed by atoms with Gasteiger partial charge in [-0.2, -0.15) is 0 Å². The predicted octanol–water partition coefficient (Wildman–Crippen LogP) is 3.42. The predicted molar refractivity (Wildman–Crippen MR) is 103 cm³/mol. The minimum atomic E-state index is -0.389. The average Bonchev–Trinajstić information content (AvgIpc) is 2.83. The maximum absolute atomic E-state index is 10.1. The van der Waals surface area contributed by atoms with E-state index in [1.54, 1.807) is 0 Å². The second kappa shape index (κ2) is 6.19. The van der Waals surface area contributed by atoms with Crippen LogP contribution in [0.2, 0.25) is 0 Å². The van der Waals surface area contributed by atoms with Crippen LogP contribution < -0.4 is 5.46 Å². The summed E-state index contributed by atoms with van der Waals surface area (Å²) in [7, 11) is -0.389. The van der Waals surface area contributed by atoms with Gasteiger partial charge in [0.05, 0.1) is 23.0 Å². The van der Waals surface area contributed by atoms with Crippen molar-refractivity contribution < 1.29 is 14.4 Å². The van der Waals surface area contributed by atoms with Crippen molar-refractivity contribution in [2.75, 3.05) is 0 Å². The summed E-state index contributed by atoms with van der Waals surface area (Å²) in [5.74, 6) is 0. The lowest BCUT2D eigenvalue weighted by Gasteiger charge is -2.32. The molecule has 1 aromatic heterocycles. The molecule has 1 atom stereocenters. The molecule has 26 heavy (non-hydrogen) atoms. The Labute approximate surface area is 155 Å². The van der Waals surface area contributed by atoms with E-state index in [0.29, 0.717) is 0 Å². The molecular formula is C21H26BNO3. The number of benzene rings is 1. The highest BCUT2D eigenvalue weighted by molar-refractivity contribution is 6.62. The first-order chi connectivity index (χ1) is 12.3. The van der Waals surface area contributed by atoms with Gasteiger partial charge in [-0.05, 0) is 70.2 Å². The van der Waals surface area contributed by atoms with Gasteiger partial charge in [-0.25, -0.2) is 0 Å². The van der Waals surface area contributed by atoms with Crippen LogP contribution in [0.25, 0.3) is 11.3 Å². The van der Waals surface area contributed by atoms with Gasteiger partial charge in [0, 0.05) is 17.2 Å². The summed E-state index contributed by atoms with van der Waals surface area (Å²) in [4.78, 5) is 4.63. The molecular weight excluding hydrogens is 325 g/mol.